The van der Waals surface area contributed by atoms with Gasteiger partial charge >= 0.3 is 6.18 Å². The molecule has 1 unspecified atom stereocenters. The van der Waals surface area contributed by atoms with Crippen LogP contribution in [-0.4, -0.2) is 18.2 Å². The Morgan fingerprint density at radius 1 is 1.35 bits per heavy atom. The smallest absolute Gasteiger partial charge is 0.420 e. The quantitative estimate of drug-likeness (QED) is 0.818. The highest BCUT2D eigenvalue weighted by Crippen LogP contribution is 2.42. The molecular weight excluding hydrogens is 255 g/mol. The highest BCUT2D eigenvalue weighted by Gasteiger charge is 2.36. The van der Waals surface area contributed by atoms with Crippen molar-refractivity contribution in [1.82, 2.24) is 5.32 Å². The molecule has 0 spiro atoms. The first kappa shape index (κ1) is 12.5. The number of hydrogen-bond donors (Lipinski definition) is 2. The lowest BCUT2D eigenvalue weighted by atomic mass is 9.95. The fourth-order valence-electron chi connectivity index (χ4n) is 2.07. The molecule has 17 heavy (non-hydrogen) atoms. The lowest BCUT2D eigenvalue weighted by Gasteiger charge is -2.16. The topological polar surface area (TPSA) is 32.3 Å². The molecule has 1 aliphatic heterocycles. The molecule has 0 amide bonds. The Balaban J connectivity index is 2.49. The number of rotatable bonds is 1. The van der Waals surface area contributed by atoms with Crippen molar-refractivity contribution in [3.63, 3.8) is 0 Å². The van der Waals surface area contributed by atoms with Gasteiger partial charge in [-0.25, -0.2) is 0 Å². The molecule has 1 aromatic rings. The standard InChI is InChI=1S/C11H11ClF3NO/c12-7-3-8(6-1-2-16-5-6)10(17)9(4-7)11(13,14)15/h3-4,6,16-17H,1-2,5H2. The average Bonchev–Trinajstić information content (AvgIpc) is 2.72. The maximum absolute atomic E-state index is 12.7. The fraction of sp³-hybridized carbons (Fsp3) is 0.455. The number of phenolic OH excluding ortho intramolecular Hbond substituents is 1. The molecule has 0 saturated carbocycles. The summed E-state index contributed by atoms with van der Waals surface area (Å²) in [6.07, 6.45) is -3.89. The first-order chi connectivity index (χ1) is 7.89. The summed E-state index contributed by atoms with van der Waals surface area (Å²) in [5.74, 6) is -0.814. The number of halogens is 4. The van der Waals surface area contributed by atoms with Crippen molar-refractivity contribution in [1.29, 1.82) is 0 Å². The van der Waals surface area contributed by atoms with E-state index >= 15 is 0 Å². The van der Waals surface area contributed by atoms with Crippen molar-refractivity contribution in [2.75, 3.05) is 13.1 Å². The number of benzene rings is 1. The van der Waals surface area contributed by atoms with Crippen molar-refractivity contribution in [2.45, 2.75) is 18.5 Å². The van der Waals surface area contributed by atoms with Gasteiger partial charge in [0.1, 0.15) is 5.75 Å². The van der Waals surface area contributed by atoms with Crippen LogP contribution in [0, 0.1) is 0 Å². The molecule has 1 atom stereocenters. The second kappa shape index (κ2) is 4.38. The second-order valence-electron chi connectivity index (χ2n) is 4.08. The van der Waals surface area contributed by atoms with Gasteiger partial charge in [-0.3, -0.25) is 0 Å². The Kier molecular flexibility index (Phi) is 3.23. The van der Waals surface area contributed by atoms with E-state index in [1.165, 1.54) is 6.07 Å². The molecule has 0 bridgehead atoms. The van der Waals surface area contributed by atoms with Gasteiger partial charge in [0.05, 0.1) is 5.56 Å². The predicted octanol–water partition coefficient (Wildman–Crippen LogP) is 3.14. The van der Waals surface area contributed by atoms with Gasteiger partial charge in [-0.15, -0.1) is 0 Å². The van der Waals surface area contributed by atoms with Crippen LogP contribution >= 0.6 is 11.6 Å². The highest BCUT2D eigenvalue weighted by molar-refractivity contribution is 6.30. The molecular formula is C11H11ClF3NO. The molecule has 2 rings (SSSR count). The summed E-state index contributed by atoms with van der Waals surface area (Å²) < 4.78 is 38.0. The molecule has 1 aromatic carbocycles. The minimum Gasteiger partial charge on any atom is -0.507 e. The number of hydrogen-bond acceptors (Lipinski definition) is 2. The third-order valence-corrected chi connectivity index (χ3v) is 3.13. The van der Waals surface area contributed by atoms with E-state index in [1.54, 1.807) is 0 Å². The van der Waals surface area contributed by atoms with Gasteiger partial charge in [-0.2, -0.15) is 13.2 Å². The minimum atomic E-state index is -4.59. The third kappa shape index (κ3) is 2.50. The molecule has 6 heteroatoms. The Labute approximate surface area is 101 Å². The van der Waals surface area contributed by atoms with Crippen LogP contribution in [0.2, 0.25) is 5.02 Å². The number of aromatic hydroxyl groups is 1. The third-order valence-electron chi connectivity index (χ3n) is 2.91. The molecule has 2 N–H and O–H groups in total. The first-order valence-electron chi connectivity index (χ1n) is 5.20. The highest BCUT2D eigenvalue weighted by atomic mass is 35.5. The Morgan fingerprint density at radius 3 is 2.59 bits per heavy atom. The van der Waals surface area contributed by atoms with E-state index in [9.17, 15) is 18.3 Å². The minimum absolute atomic E-state index is 0.00275. The van der Waals surface area contributed by atoms with Crippen LogP contribution in [0.3, 0.4) is 0 Å². The molecule has 1 fully saturated rings. The van der Waals surface area contributed by atoms with Crippen molar-refractivity contribution < 1.29 is 18.3 Å². The van der Waals surface area contributed by atoms with E-state index < -0.39 is 17.5 Å². The van der Waals surface area contributed by atoms with Crippen LogP contribution in [0.25, 0.3) is 0 Å². The van der Waals surface area contributed by atoms with Gasteiger partial charge in [0, 0.05) is 23.0 Å². The number of nitrogens with one attached hydrogen (secondary N) is 1. The number of alkyl halides is 3. The van der Waals surface area contributed by atoms with Gasteiger partial charge < -0.3 is 10.4 Å². The van der Waals surface area contributed by atoms with Crippen LogP contribution in [0.15, 0.2) is 12.1 Å². The second-order valence-corrected chi connectivity index (χ2v) is 4.52. The van der Waals surface area contributed by atoms with Gasteiger partial charge in [0.15, 0.2) is 0 Å². The molecule has 0 aliphatic carbocycles. The normalized spacial score (nSPS) is 20.8. The average molecular weight is 266 g/mol. The summed E-state index contributed by atoms with van der Waals surface area (Å²) in [5, 5.41) is 12.7. The lowest BCUT2D eigenvalue weighted by Crippen LogP contribution is -2.11. The fourth-order valence-corrected chi connectivity index (χ4v) is 2.29. The molecule has 1 saturated heterocycles. The summed E-state index contributed by atoms with van der Waals surface area (Å²) >= 11 is 5.67. The molecule has 0 aromatic heterocycles. The largest absolute Gasteiger partial charge is 0.507 e. The monoisotopic (exact) mass is 265 g/mol. The zero-order valence-electron chi connectivity index (χ0n) is 8.81. The zero-order chi connectivity index (χ0) is 12.6. The van der Waals surface area contributed by atoms with Crippen LogP contribution in [-0.2, 0) is 6.18 Å². The summed E-state index contributed by atoms with van der Waals surface area (Å²) in [6.45, 7) is 1.29. The lowest BCUT2D eigenvalue weighted by molar-refractivity contribution is -0.138. The number of phenols is 1. The van der Waals surface area contributed by atoms with Crippen LogP contribution in [0.5, 0.6) is 5.75 Å². The molecule has 2 nitrogen and oxygen atoms in total. The van der Waals surface area contributed by atoms with Gasteiger partial charge in [-0.1, -0.05) is 11.6 Å². The predicted molar refractivity (Wildman–Crippen MR) is 58.3 cm³/mol. The summed E-state index contributed by atoms with van der Waals surface area (Å²) in [7, 11) is 0. The Hall–Kier alpha value is -0.940. The van der Waals surface area contributed by atoms with E-state index in [-0.39, 0.29) is 16.5 Å². The molecule has 0 radical (unpaired) electrons. The Bertz CT molecular complexity index is 427. The van der Waals surface area contributed by atoms with Crippen molar-refractivity contribution in [3.05, 3.63) is 28.3 Å². The van der Waals surface area contributed by atoms with E-state index in [4.69, 9.17) is 11.6 Å². The van der Waals surface area contributed by atoms with Crippen LogP contribution in [0.1, 0.15) is 23.5 Å². The summed E-state index contributed by atoms with van der Waals surface area (Å²) in [5.41, 5.74) is -0.790. The summed E-state index contributed by atoms with van der Waals surface area (Å²) in [6, 6.07) is 2.16. The first-order valence-corrected chi connectivity index (χ1v) is 5.57. The van der Waals surface area contributed by atoms with Crippen LogP contribution < -0.4 is 5.32 Å². The van der Waals surface area contributed by atoms with Gasteiger partial charge in [-0.05, 0) is 25.1 Å². The van der Waals surface area contributed by atoms with E-state index in [1.807, 2.05) is 0 Å². The van der Waals surface area contributed by atoms with Crippen LogP contribution in [0.4, 0.5) is 13.2 Å². The van der Waals surface area contributed by atoms with Crippen molar-refractivity contribution >= 4 is 11.6 Å². The maximum Gasteiger partial charge on any atom is 0.420 e. The summed E-state index contributed by atoms with van der Waals surface area (Å²) in [4.78, 5) is 0. The van der Waals surface area contributed by atoms with E-state index in [0.717, 1.165) is 12.6 Å². The van der Waals surface area contributed by atoms with Gasteiger partial charge in [0.2, 0.25) is 0 Å². The SMILES string of the molecule is Oc1c(C2CCNC2)cc(Cl)cc1C(F)(F)F. The van der Waals surface area contributed by atoms with E-state index in [0.29, 0.717) is 13.0 Å². The molecule has 1 heterocycles. The zero-order valence-corrected chi connectivity index (χ0v) is 9.57. The van der Waals surface area contributed by atoms with Gasteiger partial charge in [0.25, 0.3) is 0 Å². The molecule has 1 aliphatic rings. The maximum atomic E-state index is 12.7. The Morgan fingerprint density at radius 2 is 2.06 bits per heavy atom. The van der Waals surface area contributed by atoms with Crippen molar-refractivity contribution in [2.24, 2.45) is 0 Å². The van der Waals surface area contributed by atoms with Crippen molar-refractivity contribution in [3.8, 4) is 5.75 Å². The molecule has 94 valence electrons. The van der Waals surface area contributed by atoms with E-state index in [2.05, 4.69) is 5.32 Å².